The third-order valence-corrected chi connectivity index (χ3v) is 3.84. The molecule has 2 nitrogen and oxygen atoms in total. The van der Waals surface area contributed by atoms with Crippen molar-refractivity contribution >= 4 is 22.5 Å². The number of aromatic nitrogens is 2. The number of fused-ring (bicyclic) bond motifs is 1. The van der Waals surface area contributed by atoms with Gasteiger partial charge < -0.3 is 0 Å². The second-order valence-electron chi connectivity index (χ2n) is 5.01. The average Bonchev–Trinajstić information content (AvgIpc) is 2.49. The highest BCUT2D eigenvalue weighted by Crippen LogP contribution is 2.26. The first-order valence-corrected chi connectivity index (χ1v) is 7.19. The fourth-order valence-corrected chi connectivity index (χ4v) is 2.45. The van der Waals surface area contributed by atoms with Crippen LogP contribution in [0.1, 0.15) is 18.1 Å². The van der Waals surface area contributed by atoms with Gasteiger partial charge in [0.1, 0.15) is 11.0 Å². The summed E-state index contributed by atoms with van der Waals surface area (Å²) in [5, 5.41) is 1.22. The molecule has 0 aliphatic carbocycles. The van der Waals surface area contributed by atoms with Crippen LogP contribution in [0.2, 0.25) is 5.15 Å². The molecule has 2 aromatic carbocycles. The number of nitrogens with zero attached hydrogens (tertiary/aromatic N) is 2. The van der Waals surface area contributed by atoms with Crippen LogP contribution in [0.4, 0.5) is 4.39 Å². The number of aryl methyl sites for hydroxylation is 2. The summed E-state index contributed by atoms with van der Waals surface area (Å²) in [6.45, 7) is 3.80. The Morgan fingerprint density at radius 1 is 1.10 bits per heavy atom. The van der Waals surface area contributed by atoms with E-state index >= 15 is 0 Å². The predicted octanol–water partition coefficient (Wildman–Crippen LogP) is 4.96. The van der Waals surface area contributed by atoms with Crippen molar-refractivity contribution in [2.75, 3.05) is 0 Å². The lowest BCUT2D eigenvalue weighted by atomic mass is 10.1. The van der Waals surface area contributed by atoms with E-state index < -0.39 is 0 Å². The van der Waals surface area contributed by atoms with Gasteiger partial charge in [-0.3, -0.25) is 0 Å². The van der Waals surface area contributed by atoms with Crippen LogP contribution < -0.4 is 0 Å². The summed E-state index contributed by atoms with van der Waals surface area (Å²) in [5.74, 6) is 0.171. The third-order valence-electron chi connectivity index (χ3n) is 3.55. The Kier molecular flexibility index (Phi) is 3.60. The lowest BCUT2D eigenvalue weighted by molar-refractivity contribution is 0.619. The maximum Gasteiger partial charge on any atom is 0.161 e. The Hall–Kier alpha value is -2.00. The molecule has 21 heavy (non-hydrogen) atoms. The largest absolute Gasteiger partial charge is 0.228 e. The minimum absolute atomic E-state index is 0.270. The van der Waals surface area contributed by atoms with E-state index in [1.165, 1.54) is 11.6 Å². The Labute approximate surface area is 127 Å². The van der Waals surface area contributed by atoms with Crippen molar-refractivity contribution in [1.29, 1.82) is 0 Å². The Morgan fingerprint density at radius 2 is 1.90 bits per heavy atom. The molecule has 0 spiro atoms. The highest BCUT2D eigenvalue weighted by Gasteiger charge is 2.10. The van der Waals surface area contributed by atoms with Crippen LogP contribution in [0.5, 0.6) is 0 Å². The second-order valence-corrected chi connectivity index (χ2v) is 5.37. The van der Waals surface area contributed by atoms with Crippen molar-refractivity contribution in [2.45, 2.75) is 20.3 Å². The molecule has 0 bridgehead atoms. The fourth-order valence-electron chi connectivity index (χ4n) is 2.22. The summed E-state index contributed by atoms with van der Waals surface area (Å²) in [5.41, 5.74) is 3.17. The molecule has 0 amide bonds. The van der Waals surface area contributed by atoms with Gasteiger partial charge in [0.2, 0.25) is 0 Å². The molecule has 0 radical (unpaired) electrons. The van der Waals surface area contributed by atoms with Gasteiger partial charge >= 0.3 is 0 Å². The normalized spacial score (nSPS) is 11.0. The van der Waals surface area contributed by atoms with E-state index in [1.54, 1.807) is 19.1 Å². The van der Waals surface area contributed by atoms with Crippen molar-refractivity contribution < 1.29 is 4.39 Å². The zero-order chi connectivity index (χ0) is 15.0. The molecular formula is C17H14ClFN2. The lowest BCUT2D eigenvalue weighted by Gasteiger charge is -2.07. The van der Waals surface area contributed by atoms with Gasteiger partial charge in [-0.05, 0) is 42.7 Å². The fraction of sp³-hybridized carbons (Fsp3) is 0.176. The zero-order valence-corrected chi connectivity index (χ0v) is 12.6. The summed E-state index contributed by atoms with van der Waals surface area (Å²) in [7, 11) is 0. The van der Waals surface area contributed by atoms with Crippen LogP contribution in [0.3, 0.4) is 0 Å². The van der Waals surface area contributed by atoms with Crippen LogP contribution in [0.25, 0.3) is 22.3 Å². The van der Waals surface area contributed by atoms with Crippen LogP contribution in [-0.4, -0.2) is 9.97 Å². The zero-order valence-electron chi connectivity index (χ0n) is 11.8. The average molecular weight is 301 g/mol. The van der Waals surface area contributed by atoms with Gasteiger partial charge in [0.25, 0.3) is 0 Å². The second kappa shape index (κ2) is 5.41. The topological polar surface area (TPSA) is 25.8 Å². The maximum atomic E-state index is 13.7. The molecule has 0 saturated carbocycles. The molecule has 3 rings (SSSR count). The number of hydrogen-bond donors (Lipinski definition) is 0. The van der Waals surface area contributed by atoms with Crippen LogP contribution in [-0.2, 0) is 6.42 Å². The minimum Gasteiger partial charge on any atom is -0.228 e. The number of hydrogen-bond acceptors (Lipinski definition) is 2. The summed E-state index contributed by atoms with van der Waals surface area (Å²) < 4.78 is 13.7. The quantitative estimate of drug-likeness (QED) is 0.625. The van der Waals surface area contributed by atoms with Gasteiger partial charge in [0, 0.05) is 10.9 Å². The monoisotopic (exact) mass is 300 g/mol. The highest BCUT2D eigenvalue weighted by atomic mass is 35.5. The molecule has 106 valence electrons. The molecule has 0 atom stereocenters. The molecule has 0 aliphatic heterocycles. The van der Waals surface area contributed by atoms with Crippen LogP contribution in [0, 0.1) is 12.7 Å². The summed E-state index contributed by atoms with van der Waals surface area (Å²) >= 11 is 6.27. The van der Waals surface area contributed by atoms with Crippen molar-refractivity contribution in [3.05, 3.63) is 58.5 Å². The molecule has 4 heteroatoms. The van der Waals surface area contributed by atoms with E-state index in [1.807, 2.05) is 18.2 Å². The smallest absolute Gasteiger partial charge is 0.161 e. The molecular weight excluding hydrogens is 287 g/mol. The Balaban J connectivity index is 2.18. The first-order chi connectivity index (χ1) is 10.1. The number of benzene rings is 2. The summed E-state index contributed by atoms with van der Waals surface area (Å²) in [6.07, 6.45) is 0.928. The first kappa shape index (κ1) is 14.0. The van der Waals surface area contributed by atoms with E-state index in [2.05, 4.69) is 16.9 Å². The molecule has 0 saturated heterocycles. The summed E-state index contributed by atoms with van der Waals surface area (Å²) in [4.78, 5) is 8.80. The van der Waals surface area contributed by atoms with Gasteiger partial charge in [0.15, 0.2) is 5.82 Å². The standard InChI is InChI=1S/C17H14ClFN2/c1-3-11-5-7-15-13(8-11)16(18)21-17(20-15)12-6-4-10(2)14(19)9-12/h4-9H,3H2,1-2H3. The third kappa shape index (κ3) is 2.61. The summed E-state index contributed by atoms with van der Waals surface area (Å²) in [6, 6.07) is 10.9. The van der Waals surface area contributed by atoms with E-state index in [-0.39, 0.29) is 5.82 Å². The lowest BCUT2D eigenvalue weighted by Crippen LogP contribution is -1.94. The van der Waals surface area contributed by atoms with Crippen molar-refractivity contribution in [1.82, 2.24) is 9.97 Å². The SMILES string of the molecule is CCc1ccc2nc(-c3ccc(C)c(F)c3)nc(Cl)c2c1. The molecule has 0 unspecified atom stereocenters. The van der Waals surface area contributed by atoms with Crippen LogP contribution in [0.15, 0.2) is 36.4 Å². The van der Waals surface area contributed by atoms with Gasteiger partial charge in [0.05, 0.1) is 5.52 Å². The van der Waals surface area contributed by atoms with E-state index in [0.717, 1.165) is 17.3 Å². The Morgan fingerprint density at radius 3 is 2.62 bits per heavy atom. The maximum absolute atomic E-state index is 13.7. The van der Waals surface area contributed by atoms with Crippen molar-refractivity contribution in [2.24, 2.45) is 0 Å². The molecule has 1 heterocycles. The molecule has 0 N–H and O–H groups in total. The van der Waals surface area contributed by atoms with Gasteiger partial charge in [-0.2, -0.15) is 0 Å². The van der Waals surface area contributed by atoms with E-state index in [9.17, 15) is 4.39 Å². The molecule has 1 aromatic heterocycles. The van der Waals surface area contributed by atoms with Crippen LogP contribution >= 0.6 is 11.6 Å². The van der Waals surface area contributed by atoms with Crippen molar-refractivity contribution in [3.63, 3.8) is 0 Å². The highest BCUT2D eigenvalue weighted by molar-refractivity contribution is 6.34. The van der Waals surface area contributed by atoms with Gasteiger partial charge in [-0.1, -0.05) is 36.7 Å². The van der Waals surface area contributed by atoms with Gasteiger partial charge in [-0.15, -0.1) is 0 Å². The molecule has 0 aliphatic rings. The predicted molar refractivity (Wildman–Crippen MR) is 84.1 cm³/mol. The molecule has 3 aromatic rings. The van der Waals surface area contributed by atoms with E-state index in [0.29, 0.717) is 22.1 Å². The van der Waals surface area contributed by atoms with E-state index in [4.69, 9.17) is 11.6 Å². The number of rotatable bonds is 2. The van der Waals surface area contributed by atoms with Crippen molar-refractivity contribution in [3.8, 4) is 11.4 Å². The van der Waals surface area contributed by atoms with Gasteiger partial charge in [-0.25, -0.2) is 14.4 Å². The minimum atomic E-state index is -0.270. The first-order valence-electron chi connectivity index (χ1n) is 6.81. The Bertz CT molecular complexity index is 830. The molecule has 0 fully saturated rings. The number of halogens is 2.